The Kier molecular flexibility index (Phi) is 4.72. The molecule has 0 fully saturated rings. The molecule has 0 aliphatic carbocycles. The number of carbonyl (C=O) groups is 1. The Bertz CT molecular complexity index is 717. The lowest BCUT2D eigenvalue weighted by Gasteiger charge is -2.20. The van der Waals surface area contributed by atoms with E-state index >= 15 is 0 Å². The molecule has 0 atom stereocenters. The first kappa shape index (κ1) is 15.7. The van der Waals surface area contributed by atoms with Crippen molar-refractivity contribution in [3.05, 3.63) is 58.6 Å². The molecule has 0 bridgehead atoms. The van der Waals surface area contributed by atoms with Crippen molar-refractivity contribution >= 4 is 17.5 Å². The highest BCUT2D eigenvalue weighted by Crippen LogP contribution is 2.31. The Morgan fingerprint density at radius 1 is 1.09 bits per heavy atom. The molecular weight excluding hydrogens is 314 g/mol. The van der Waals surface area contributed by atoms with Crippen LogP contribution in [0.4, 0.5) is 0 Å². The minimum atomic E-state index is 0.0432. The van der Waals surface area contributed by atoms with E-state index in [-0.39, 0.29) is 5.91 Å². The molecule has 1 aliphatic heterocycles. The van der Waals surface area contributed by atoms with Crippen molar-refractivity contribution in [3.63, 3.8) is 0 Å². The van der Waals surface area contributed by atoms with Gasteiger partial charge in [0, 0.05) is 18.6 Å². The van der Waals surface area contributed by atoms with Gasteiger partial charge >= 0.3 is 0 Å². The van der Waals surface area contributed by atoms with Gasteiger partial charge < -0.3 is 14.4 Å². The third kappa shape index (κ3) is 3.96. The van der Waals surface area contributed by atoms with E-state index in [9.17, 15) is 4.79 Å². The van der Waals surface area contributed by atoms with E-state index in [4.69, 9.17) is 21.1 Å². The molecule has 0 N–H and O–H groups in total. The molecule has 120 valence electrons. The summed E-state index contributed by atoms with van der Waals surface area (Å²) in [5.41, 5.74) is 1.92. The first-order valence-electron chi connectivity index (χ1n) is 7.49. The smallest absolute Gasteiger partial charge is 0.227 e. The van der Waals surface area contributed by atoms with Crippen molar-refractivity contribution in [1.82, 2.24) is 4.90 Å². The summed E-state index contributed by atoms with van der Waals surface area (Å²) in [7, 11) is 1.79. The van der Waals surface area contributed by atoms with E-state index in [1.165, 1.54) is 0 Å². The second-order valence-corrected chi connectivity index (χ2v) is 5.97. The van der Waals surface area contributed by atoms with Gasteiger partial charge in [-0.25, -0.2) is 0 Å². The van der Waals surface area contributed by atoms with Crippen LogP contribution in [0.5, 0.6) is 11.5 Å². The molecule has 0 unspecified atom stereocenters. The minimum Gasteiger partial charge on any atom is -0.486 e. The van der Waals surface area contributed by atoms with Gasteiger partial charge in [-0.1, -0.05) is 29.8 Å². The van der Waals surface area contributed by atoms with Crippen LogP contribution in [0.25, 0.3) is 0 Å². The molecule has 4 nitrogen and oxygen atoms in total. The van der Waals surface area contributed by atoms with Gasteiger partial charge in [0.2, 0.25) is 5.91 Å². The summed E-state index contributed by atoms with van der Waals surface area (Å²) < 4.78 is 11.0. The number of rotatable bonds is 4. The molecular formula is C18H18ClNO3. The zero-order chi connectivity index (χ0) is 16.2. The molecule has 1 amide bonds. The zero-order valence-electron chi connectivity index (χ0n) is 12.9. The number of benzene rings is 2. The molecule has 0 aromatic heterocycles. The highest BCUT2D eigenvalue weighted by atomic mass is 35.5. The van der Waals surface area contributed by atoms with E-state index in [1.807, 2.05) is 42.5 Å². The molecule has 2 aromatic carbocycles. The number of nitrogens with zero attached hydrogens (tertiary/aromatic N) is 1. The molecule has 1 aliphatic rings. The zero-order valence-corrected chi connectivity index (χ0v) is 13.7. The minimum absolute atomic E-state index is 0.0432. The Balaban J connectivity index is 1.64. The van der Waals surface area contributed by atoms with E-state index in [0.717, 1.165) is 16.9 Å². The van der Waals surface area contributed by atoms with Gasteiger partial charge in [-0.15, -0.1) is 0 Å². The average molecular weight is 332 g/mol. The number of fused-ring (bicyclic) bond motifs is 1. The standard InChI is InChI=1S/C18H18ClNO3/c1-20(12-14-3-2-4-15(19)9-14)18(21)11-13-5-6-16-17(10-13)23-8-7-22-16/h2-6,9-10H,7-8,11-12H2,1H3. The lowest BCUT2D eigenvalue weighted by molar-refractivity contribution is -0.129. The maximum atomic E-state index is 12.4. The Morgan fingerprint density at radius 2 is 1.87 bits per heavy atom. The molecule has 0 saturated heterocycles. The predicted octanol–water partition coefficient (Wildman–Crippen LogP) is 3.31. The largest absolute Gasteiger partial charge is 0.486 e. The number of amides is 1. The summed E-state index contributed by atoms with van der Waals surface area (Å²) in [6.07, 6.45) is 0.327. The van der Waals surface area contributed by atoms with Gasteiger partial charge in [0.15, 0.2) is 11.5 Å². The van der Waals surface area contributed by atoms with E-state index < -0.39 is 0 Å². The molecule has 3 rings (SSSR count). The van der Waals surface area contributed by atoms with Crippen molar-refractivity contribution in [2.75, 3.05) is 20.3 Å². The molecule has 5 heteroatoms. The van der Waals surface area contributed by atoms with Crippen molar-refractivity contribution in [2.45, 2.75) is 13.0 Å². The van der Waals surface area contributed by atoms with Gasteiger partial charge in [0.1, 0.15) is 13.2 Å². The van der Waals surface area contributed by atoms with Gasteiger partial charge in [0.25, 0.3) is 0 Å². The van der Waals surface area contributed by atoms with Crippen LogP contribution in [0.15, 0.2) is 42.5 Å². The first-order valence-corrected chi connectivity index (χ1v) is 7.86. The van der Waals surface area contributed by atoms with Gasteiger partial charge in [0.05, 0.1) is 6.42 Å². The van der Waals surface area contributed by atoms with Crippen LogP contribution in [0, 0.1) is 0 Å². The highest BCUT2D eigenvalue weighted by molar-refractivity contribution is 6.30. The van der Waals surface area contributed by atoms with Crippen molar-refractivity contribution in [2.24, 2.45) is 0 Å². The number of halogens is 1. The summed E-state index contributed by atoms with van der Waals surface area (Å²) in [5.74, 6) is 1.49. The Labute approximate surface area is 140 Å². The fourth-order valence-electron chi connectivity index (χ4n) is 2.50. The summed E-state index contributed by atoms with van der Waals surface area (Å²) in [5, 5.41) is 0.676. The third-order valence-corrected chi connectivity index (χ3v) is 3.93. The maximum Gasteiger partial charge on any atom is 0.227 e. The van der Waals surface area contributed by atoms with Crippen LogP contribution >= 0.6 is 11.6 Å². The Morgan fingerprint density at radius 3 is 2.65 bits per heavy atom. The van der Waals surface area contributed by atoms with E-state index in [1.54, 1.807) is 11.9 Å². The highest BCUT2D eigenvalue weighted by Gasteiger charge is 2.15. The molecule has 23 heavy (non-hydrogen) atoms. The number of hydrogen-bond acceptors (Lipinski definition) is 3. The second-order valence-electron chi connectivity index (χ2n) is 5.53. The van der Waals surface area contributed by atoms with Crippen LogP contribution in [-0.2, 0) is 17.8 Å². The maximum absolute atomic E-state index is 12.4. The summed E-state index contributed by atoms with van der Waals surface area (Å²) in [6, 6.07) is 13.2. The number of carbonyl (C=O) groups excluding carboxylic acids is 1. The lowest BCUT2D eigenvalue weighted by atomic mass is 10.1. The van der Waals surface area contributed by atoms with Gasteiger partial charge in [-0.2, -0.15) is 0 Å². The van der Waals surface area contributed by atoms with E-state index in [0.29, 0.717) is 37.0 Å². The number of likely N-dealkylation sites (N-methyl/N-ethyl adjacent to an activating group) is 1. The van der Waals surface area contributed by atoms with Crippen LogP contribution in [0.2, 0.25) is 5.02 Å². The van der Waals surface area contributed by atoms with Crippen molar-refractivity contribution < 1.29 is 14.3 Å². The summed E-state index contributed by atoms with van der Waals surface area (Å²) in [4.78, 5) is 14.1. The fourth-order valence-corrected chi connectivity index (χ4v) is 2.72. The lowest BCUT2D eigenvalue weighted by Crippen LogP contribution is -2.27. The van der Waals surface area contributed by atoms with Crippen LogP contribution in [0.1, 0.15) is 11.1 Å². The van der Waals surface area contributed by atoms with Crippen LogP contribution < -0.4 is 9.47 Å². The second kappa shape index (κ2) is 6.92. The molecule has 0 spiro atoms. The monoisotopic (exact) mass is 331 g/mol. The molecule has 1 heterocycles. The van der Waals surface area contributed by atoms with E-state index in [2.05, 4.69) is 0 Å². The predicted molar refractivity (Wildman–Crippen MR) is 89.1 cm³/mol. The third-order valence-electron chi connectivity index (χ3n) is 3.70. The van der Waals surface area contributed by atoms with Gasteiger partial charge in [-0.3, -0.25) is 4.79 Å². The average Bonchev–Trinajstić information content (AvgIpc) is 2.54. The molecule has 0 saturated carbocycles. The van der Waals surface area contributed by atoms with Crippen molar-refractivity contribution in [3.8, 4) is 11.5 Å². The SMILES string of the molecule is CN(Cc1cccc(Cl)c1)C(=O)Cc1ccc2c(c1)OCCO2. The van der Waals surface area contributed by atoms with Crippen molar-refractivity contribution in [1.29, 1.82) is 0 Å². The fraction of sp³-hybridized carbons (Fsp3) is 0.278. The van der Waals surface area contributed by atoms with Crippen LogP contribution in [-0.4, -0.2) is 31.1 Å². The van der Waals surface area contributed by atoms with Crippen LogP contribution in [0.3, 0.4) is 0 Å². The topological polar surface area (TPSA) is 38.8 Å². The first-order chi connectivity index (χ1) is 11.1. The molecule has 2 aromatic rings. The Hall–Kier alpha value is -2.20. The summed E-state index contributed by atoms with van der Waals surface area (Å²) >= 11 is 5.98. The number of hydrogen-bond donors (Lipinski definition) is 0. The number of ether oxygens (including phenoxy) is 2. The van der Waals surface area contributed by atoms with Gasteiger partial charge in [-0.05, 0) is 35.4 Å². The summed E-state index contributed by atoms with van der Waals surface area (Å²) in [6.45, 7) is 1.64. The normalized spacial score (nSPS) is 12.8. The quantitative estimate of drug-likeness (QED) is 0.862. The molecule has 0 radical (unpaired) electrons.